The minimum Gasteiger partial charge on any atom is -0.351 e. The number of hydrogen-bond donors (Lipinski definition) is 0. The van der Waals surface area contributed by atoms with E-state index in [1.807, 2.05) is 0 Å². The van der Waals surface area contributed by atoms with E-state index >= 15 is 0 Å². The summed E-state index contributed by atoms with van der Waals surface area (Å²) in [6.07, 6.45) is 5.74. The van der Waals surface area contributed by atoms with Crippen LogP contribution in [0.4, 0.5) is 5.13 Å². The highest BCUT2D eigenvalue weighted by Gasteiger charge is 2.20. The van der Waals surface area contributed by atoms with Gasteiger partial charge in [-0.1, -0.05) is 17.8 Å². The maximum atomic E-state index is 11.1. The van der Waals surface area contributed by atoms with Crippen LogP contribution in [0.2, 0.25) is 0 Å². The first-order valence-electron chi connectivity index (χ1n) is 5.34. The number of rotatable bonds is 4. The first kappa shape index (κ1) is 10.6. The van der Waals surface area contributed by atoms with Gasteiger partial charge in [-0.3, -0.25) is 4.79 Å². The molecule has 1 saturated carbocycles. The quantitative estimate of drug-likeness (QED) is 0.737. The first-order valence-corrected chi connectivity index (χ1v) is 6.16. The zero-order valence-corrected chi connectivity index (χ0v) is 10.0. The molecule has 4 heteroatoms. The van der Waals surface area contributed by atoms with E-state index in [-0.39, 0.29) is 5.78 Å². The van der Waals surface area contributed by atoms with Crippen LogP contribution in [0, 0.1) is 5.92 Å². The molecule has 0 unspecified atom stereocenters. The fourth-order valence-electron chi connectivity index (χ4n) is 1.74. The molecule has 1 aliphatic carbocycles. The van der Waals surface area contributed by atoms with Crippen molar-refractivity contribution in [2.24, 2.45) is 5.92 Å². The predicted molar refractivity (Wildman–Crippen MR) is 62.7 cm³/mol. The molecule has 82 valence electrons. The van der Waals surface area contributed by atoms with E-state index < -0.39 is 0 Å². The second-order valence-corrected chi connectivity index (χ2v) is 5.25. The van der Waals surface area contributed by atoms with Crippen molar-refractivity contribution >= 4 is 22.3 Å². The van der Waals surface area contributed by atoms with Gasteiger partial charge in [0.15, 0.2) is 10.9 Å². The van der Waals surface area contributed by atoms with Crippen LogP contribution in [0.25, 0.3) is 0 Å². The molecule has 1 aliphatic rings. The van der Waals surface area contributed by atoms with Gasteiger partial charge in [-0.05, 0) is 18.8 Å². The lowest BCUT2D eigenvalue weighted by molar-refractivity contribution is 0.102. The van der Waals surface area contributed by atoms with Gasteiger partial charge < -0.3 is 4.90 Å². The summed E-state index contributed by atoms with van der Waals surface area (Å²) in [6.45, 7) is 2.66. The Morgan fingerprint density at radius 2 is 2.40 bits per heavy atom. The third-order valence-corrected chi connectivity index (χ3v) is 4.14. The van der Waals surface area contributed by atoms with Crippen molar-refractivity contribution in [2.75, 3.05) is 18.5 Å². The molecule has 1 aromatic heterocycles. The lowest BCUT2D eigenvalue weighted by Crippen LogP contribution is -2.29. The van der Waals surface area contributed by atoms with Crippen molar-refractivity contribution in [3.05, 3.63) is 11.1 Å². The summed E-state index contributed by atoms with van der Waals surface area (Å²) in [5, 5.41) is 0.965. The molecule has 1 aromatic rings. The van der Waals surface area contributed by atoms with Crippen molar-refractivity contribution < 1.29 is 4.79 Å². The van der Waals surface area contributed by atoms with Crippen LogP contribution in [0.15, 0.2) is 6.20 Å². The SMILES string of the molecule is CC(=O)c1cnc(N(C)CC2CCC2)s1. The number of thiazole rings is 1. The van der Waals surface area contributed by atoms with Crippen LogP contribution in [-0.2, 0) is 0 Å². The molecule has 0 atom stereocenters. The zero-order valence-electron chi connectivity index (χ0n) is 9.19. The van der Waals surface area contributed by atoms with Gasteiger partial charge in [0.05, 0.1) is 11.1 Å². The summed E-state index contributed by atoms with van der Waals surface area (Å²) in [4.78, 5) is 18.3. The Kier molecular flexibility index (Phi) is 3.05. The van der Waals surface area contributed by atoms with Crippen molar-refractivity contribution in [3.63, 3.8) is 0 Å². The number of hydrogen-bond acceptors (Lipinski definition) is 4. The number of ketones is 1. The summed E-state index contributed by atoms with van der Waals surface area (Å²) >= 11 is 1.49. The van der Waals surface area contributed by atoms with Crippen molar-refractivity contribution in [1.29, 1.82) is 0 Å². The van der Waals surface area contributed by atoms with Crippen LogP contribution < -0.4 is 4.90 Å². The van der Waals surface area contributed by atoms with Gasteiger partial charge in [0.2, 0.25) is 0 Å². The Hall–Kier alpha value is -0.900. The van der Waals surface area contributed by atoms with Crippen molar-refractivity contribution in [2.45, 2.75) is 26.2 Å². The summed E-state index contributed by atoms with van der Waals surface area (Å²) in [7, 11) is 2.06. The van der Waals surface area contributed by atoms with Crippen LogP contribution in [-0.4, -0.2) is 24.4 Å². The van der Waals surface area contributed by atoms with Crippen LogP contribution in [0.3, 0.4) is 0 Å². The van der Waals surface area contributed by atoms with E-state index in [0.717, 1.165) is 22.5 Å². The Balaban J connectivity index is 1.97. The van der Waals surface area contributed by atoms with Gasteiger partial charge in [0.1, 0.15) is 0 Å². The van der Waals surface area contributed by atoms with Crippen molar-refractivity contribution in [3.8, 4) is 0 Å². The smallest absolute Gasteiger partial charge is 0.185 e. The molecule has 0 amide bonds. The highest BCUT2D eigenvalue weighted by atomic mass is 32.1. The number of aromatic nitrogens is 1. The number of carbonyl (C=O) groups is 1. The number of carbonyl (C=O) groups excluding carboxylic acids is 1. The summed E-state index contributed by atoms with van der Waals surface area (Å²) in [6, 6.07) is 0. The van der Waals surface area contributed by atoms with Crippen molar-refractivity contribution in [1.82, 2.24) is 4.98 Å². The van der Waals surface area contributed by atoms with Gasteiger partial charge in [-0.25, -0.2) is 4.98 Å². The Labute approximate surface area is 94.1 Å². The Bertz CT molecular complexity index is 357. The third kappa shape index (κ3) is 2.37. The first-order chi connectivity index (χ1) is 7.16. The maximum absolute atomic E-state index is 11.1. The topological polar surface area (TPSA) is 33.2 Å². The Morgan fingerprint density at radius 3 is 2.87 bits per heavy atom. The van der Waals surface area contributed by atoms with E-state index in [1.165, 1.54) is 30.6 Å². The van der Waals surface area contributed by atoms with Crippen LogP contribution in [0.1, 0.15) is 35.9 Å². The largest absolute Gasteiger partial charge is 0.351 e. The van der Waals surface area contributed by atoms with Gasteiger partial charge in [-0.15, -0.1) is 0 Å². The van der Waals surface area contributed by atoms with Gasteiger partial charge >= 0.3 is 0 Å². The molecule has 0 radical (unpaired) electrons. The van der Waals surface area contributed by atoms with Gasteiger partial charge in [0, 0.05) is 20.5 Å². The summed E-state index contributed by atoms with van der Waals surface area (Å²) in [5.41, 5.74) is 0. The van der Waals surface area contributed by atoms with E-state index in [9.17, 15) is 4.79 Å². The maximum Gasteiger partial charge on any atom is 0.185 e. The predicted octanol–water partition coefficient (Wildman–Crippen LogP) is 2.58. The average molecular weight is 224 g/mol. The molecule has 1 fully saturated rings. The zero-order chi connectivity index (χ0) is 10.8. The van der Waals surface area contributed by atoms with Gasteiger partial charge in [0.25, 0.3) is 0 Å². The van der Waals surface area contributed by atoms with E-state index in [2.05, 4.69) is 16.9 Å². The second-order valence-electron chi connectivity index (χ2n) is 4.24. The van der Waals surface area contributed by atoms with Gasteiger partial charge in [-0.2, -0.15) is 0 Å². The van der Waals surface area contributed by atoms with E-state index in [1.54, 1.807) is 13.1 Å². The third-order valence-electron chi connectivity index (χ3n) is 2.92. The molecule has 0 spiro atoms. The molecule has 3 nitrogen and oxygen atoms in total. The molecule has 0 saturated heterocycles. The molecule has 0 N–H and O–H groups in total. The summed E-state index contributed by atoms with van der Waals surface area (Å²) < 4.78 is 0. The molecule has 0 aliphatic heterocycles. The molecular formula is C11H16N2OS. The highest BCUT2D eigenvalue weighted by molar-refractivity contribution is 7.17. The molecule has 0 bridgehead atoms. The number of anilines is 1. The molecule has 1 heterocycles. The lowest BCUT2D eigenvalue weighted by Gasteiger charge is -2.29. The highest BCUT2D eigenvalue weighted by Crippen LogP contribution is 2.29. The molecule has 15 heavy (non-hydrogen) atoms. The van der Waals surface area contributed by atoms with E-state index in [4.69, 9.17) is 0 Å². The fourth-order valence-corrected chi connectivity index (χ4v) is 2.53. The van der Waals surface area contributed by atoms with Crippen LogP contribution in [0.5, 0.6) is 0 Å². The normalized spacial score (nSPS) is 16.1. The molecule has 2 rings (SSSR count). The monoisotopic (exact) mass is 224 g/mol. The fraction of sp³-hybridized carbons (Fsp3) is 0.636. The molecular weight excluding hydrogens is 208 g/mol. The minimum atomic E-state index is 0.107. The summed E-state index contributed by atoms with van der Waals surface area (Å²) in [5.74, 6) is 0.940. The Morgan fingerprint density at radius 1 is 1.67 bits per heavy atom. The lowest BCUT2D eigenvalue weighted by atomic mass is 9.85. The second kappa shape index (κ2) is 4.31. The minimum absolute atomic E-state index is 0.107. The number of nitrogens with zero attached hydrogens (tertiary/aromatic N) is 2. The van der Waals surface area contributed by atoms with E-state index in [0.29, 0.717) is 0 Å². The number of Topliss-reactive ketones (excluding diaryl/α,β-unsaturated/α-hetero) is 1. The molecule has 0 aromatic carbocycles. The van der Waals surface area contributed by atoms with Crippen LogP contribution >= 0.6 is 11.3 Å². The standard InChI is InChI=1S/C11H16N2OS/c1-8(14)10-6-12-11(15-10)13(2)7-9-4-3-5-9/h6,9H,3-5,7H2,1-2H3. The average Bonchev–Trinajstić information content (AvgIpc) is 2.59.